The fraction of sp³-hybridized carbons (Fsp3) is 0.0909. The molecule has 0 bridgehead atoms. The summed E-state index contributed by atoms with van der Waals surface area (Å²) in [4.78, 5) is 24.8. The van der Waals surface area contributed by atoms with Crippen LogP contribution in [-0.2, 0) is 23.9 Å². The molecule has 2 unspecified atom stereocenters. The maximum absolute atomic E-state index is 12.6. The van der Waals surface area contributed by atoms with Gasteiger partial charge < -0.3 is 14.6 Å². The Labute approximate surface area is 178 Å². The number of para-hydroxylation sites is 2. The molecule has 0 aliphatic carbocycles. The van der Waals surface area contributed by atoms with Crippen LogP contribution in [-0.4, -0.2) is 37.7 Å². The second-order valence-electron chi connectivity index (χ2n) is 6.20. The van der Waals surface area contributed by atoms with Crippen molar-refractivity contribution in [3.8, 4) is 11.5 Å². The molecule has 0 heterocycles. The van der Waals surface area contributed by atoms with Crippen molar-refractivity contribution in [2.75, 3.05) is 0 Å². The van der Waals surface area contributed by atoms with Crippen LogP contribution in [0.2, 0.25) is 0 Å². The van der Waals surface area contributed by atoms with Gasteiger partial charge in [0.1, 0.15) is 11.5 Å². The van der Waals surface area contributed by atoms with Gasteiger partial charge >= 0.3 is 11.9 Å². The van der Waals surface area contributed by atoms with Crippen molar-refractivity contribution in [1.29, 1.82) is 0 Å². The predicted molar refractivity (Wildman–Crippen MR) is 109 cm³/mol. The van der Waals surface area contributed by atoms with E-state index in [-0.39, 0.29) is 16.4 Å². The normalized spacial score (nSPS) is 13.1. The zero-order valence-corrected chi connectivity index (χ0v) is 16.8. The van der Waals surface area contributed by atoms with E-state index >= 15 is 0 Å². The molecule has 0 fully saturated rings. The van der Waals surface area contributed by atoms with Gasteiger partial charge in [0, 0.05) is 0 Å². The molecular formula is C22H18O8S. The highest BCUT2D eigenvalue weighted by Gasteiger charge is 2.40. The Morgan fingerprint density at radius 2 is 1.10 bits per heavy atom. The Hall–Kier alpha value is -3.53. The third kappa shape index (κ3) is 5.98. The van der Waals surface area contributed by atoms with Crippen molar-refractivity contribution in [3.05, 3.63) is 91.0 Å². The summed E-state index contributed by atoms with van der Waals surface area (Å²) in [5.41, 5.74) is 0. The summed E-state index contributed by atoms with van der Waals surface area (Å²) in [5, 5.41) is 10.4. The van der Waals surface area contributed by atoms with Gasteiger partial charge in [0.2, 0.25) is 6.10 Å². The van der Waals surface area contributed by atoms with E-state index in [9.17, 15) is 23.1 Å². The minimum absolute atomic E-state index is 0.0711. The van der Waals surface area contributed by atoms with E-state index in [2.05, 4.69) is 0 Å². The summed E-state index contributed by atoms with van der Waals surface area (Å²) in [6, 6.07) is 22.5. The molecular weight excluding hydrogens is 424 g/mol. The first kappa shape index (κ1) is 22.2. The van der Waals surface area contributed by atoms with E-state index in [1.807, 2.05) is 0 Å². The molecule has 3 aromatic carbocycles. The van der Waals surface area contributed by atoms with Gasteiger partial charge in [-0.3, -0.25) is 0 Å². The molecule has 2 atom stereocenters. The molecule has 0 saturated carbocycles. The maximum atomic E-state index is 12.6. The fourth-order valence-electron chi connectivity index (χ4n) is 2.45. The van der Waals surface area contributed by atoms with E-state index in [4.69, 9.17) is 13.7 Å². The van der Waals surface area contributed by atoms with E-state index in [0.29, 0.717) is 0 Å². The fourth-order valence-corrected chi connectivity index (χ4v) is 3.51. The highest BCUT2D eigenvalue weighted by Crippen LogP contribution is 2.19. The molecule has 9 heteroatoms. The molecule has 160 valence electrons. The minimum atomic E-state index is -4.52. The SMILES string of the molecule is O=C(Oc1ccccc1)C(O)C(OS(=O)(=O)c1ccccc1)C(=O)Oc1ccccc1. The molecule has 1 N–H and O–H groups in total. The first-order valence-corrected chi connectivity index (χ1v) is 10.5. The number of carbonyl (C=O) groups excluding carboxylic acids is 2. The largest absolute Gasteiger partial charge is 0.425 e. The quantitative estimate of drug-likeness (QED) is 0.321. The van der Waals surface area contributed by atoms with Crippen molar-refractivity contribution in [2.45, 2.75) is 17.1 Å². The number of benzene rings is 3. The summed E-state index contributed by atoms with van der Waals surface area (Å²) in [6.45, 7) is 0. The summed E-state index contributed by atoms with van der Waals surface area (Å²) in [7, 11) is -4.52. The molecule has 0 radical (unpaired) electrons. The molecule has 0 saturated heterocycles. The van der Waals surface area contributed by atoms with E-state index in [1.54, 1.807) is 42.5 Å². The Balaban J connectivity index is 1.85. The number of aliphatic hydroxyl groups is 1. The van der Waals surface area contributed by atoms with Crippen LogP contribution in [0.1, 0.15) is 0 Å². The summed E-state index contributed by atoms with van der Waals surface area (Å²) < 4.78 is 40.2. The average Bonchev–Trinajstić information content (AvgIpc) is 2.79. The lowest BCUT2D eigenvalue weighted by Gasteiger charge is -2.20. The molecule has 0 aromatic heterocycles. The smallest absolute Gasteiger partial charge is 0.345 e. The van der Waals surface area contributed by atoms with Gasteiger partial charge in [-0.05, 0) is 36.4 Å². The standard InChI is InChI=1S/C22H18O8S/c23-19(21(24)28-16-10-4-1-5-11-16)20(22(25)29-17-12-6-2-7-13-17)30-31(26,27)18-14-8-3-9-15-18/h1-15,19-20,23H. The number of aliphatic hydroxyl groups excluding tert-OH is 1. The number of esters is 2. The number of ether oxygens (including phenoxy) is 2. The highest BCUT2D eigenvalue weighted by molar-refractivity contribution is 7.86. The maximum Gasteiger partial charge on any atom is 0.345 e. The minimum Gasteiger partial charge on any atom is -0.425 e. The first-order valence-electron chi connectivity index (χ1n) is 9.07. The lowest BCUT2D eigenvalue weighted by Crippen LogP contribution is -2.46. The van der Waals surface area contributed by atoms with Crippen LogP contribution >= 0.6 is 0 Å². The van der Waals surface area contributed by atoms with Crippen LogP contribution in [0.4, 0.5) is 0 Å². The lowest BCUT2D eigenvalue weighted by atomic mass is 10.2. The molecule has 31 heavy (non-hydrogen) atoms. The molecule has 0 aliphatic heterocycles. The second kappa shape index (κ2) is 9.98. The Morgan fingerprint density at radius 3 is 1.58 bits per heavy atom. The Morgan fingerprint density at radius 1 is 0.677 bits per heavy atom. The van der Waals surface area contributed by atoms with E-state index in [1.165, 1.54) is 48.5 Å². The zero-order valence-electron chi connectivity index (χ0n) is 16.0. The lowest BCUT2D eigenvalue weighted by molar-refractivity contribution is -0.160. The summed E-state index contributed by atoms with van der Waals surface area (Å²) in [6.07, 6.45) is -4.49. The number of carbonyl (C=O) groups is 2. The monoisotopic (exact) mass is 442 g/mol. The second-order valence-corrected chi connectivity index (χ2v) is 7.77. The third-order valence-electron chi connectivity index (χ3n) is 3.95. The van der Waals surface area contributed by atoms with Gasteiger partial charge in [-0.2, -0.15) is 8.42 Å². The average molecular weight is 442 g/mol. The van der Waals surface area contributed by atoms with Gasteiger partial charge in [0.15, 0.2) is 6.10 Å². The third-order valence-corrected chi connectivity index (χ3v) is 5.26. The van der Waals surface area contributed by atoms with Gasteiger partial charge in [0.25, 0.3) is 10.1 Å². The number of hydrogen-bond acceptors (Lipinski definition) is 8. The number of rotatable bonds is 8. The first-order chi connectivity index (χ1) is 14.9. The van der Waals surface area contributed by atoms with Crippen LogP contribution in [0, 0.1) is 0 Å². The topological polar surface area (TPSA) is 116 Å². The molecule has 0 spiro atoms. The highest BCUT2D eigenvalue weighted by atomic mass is 32.2. The Kier molecular flexibility index (Phi) is 7.14. The van der Waals surface area contributed by atoms with Crippen molar-refractivity contribution < 1.29 is 36.8 Å². The zero-order chi connectivity index (χ0) is 22.3. The molecule has 0 amide bonds. The van der Waals surface area contributed by atoms with Crippen LogP contribution < -0.4 is 9.47 Å². The Bertz CT molecular complexity index is 1120. The van der Waals surface area contributed by atoms with Gasteiger partial charge in [-0.25, -0.2) is 13.8 Å². The molecule has 0 aliphatic rings. The van der Waals surface area contributed by atoms with Gasteiger partial charge in [0.05, 0.1) is 4.90 Å². The van der Waals surface area contributed by atoms with Crippen LogP contribution in [0.25, 0.3) is 0 Å². The number of hydrogen-bond donors (Lipinski definition) is 1. The van der Waals surface area contributed by atoms with Crippen LogP contribution in [0.15, 0.2) is 95.9 Å². The van der Waals surface area contributed by atoms with E-state index < -0.39 is 34.3 Å². The van der Waals surface area contributed by atoms with Crippen LogP contribution in [0.3, 0.4) is 0 Å². The van der Waals surface area contributed by atoms with Crippen molar-refractivity contribution in [3.63, 3.8) is 0 Å². The van der Waals surface area contributed by atoms with E-state index in [0.717, 1.165) is 0 Å². The molecule has 8 nitrogen and oxygen atoms in total. The van der Waals surface area contributed by atoms with Gasteiger partial charge in [-0.1, -0.05) is 54.6 Å². The predicted octanol–water partition coefficient (Wildman–Crippen LogP) is 2.33. The summed E-state index contributed by atoms with van der Waals surface area (Å²) in [5.74, 6) is -2.41. The van der Waals surface area contributed by atoms with Gasteiger partial charge in [-0.15, -0.1) is 0 Å². The molecule has 3 aromatic rings. The molecule has 3 rings (SSSR count). The summed E-state index contributed by atoms with van der Waals surface area (Å²) >= 11 is 0. The van der Waals surface area contributed by atoms with Crippen molar-refractivity contribution >= 4 is 22.1 Å². The van der Waals surface area contributed by atoms with Crippen LogP contribution in [0.5, 0.6) is 11.5 Å². The van der Waals surface area contributed by atoms with Crippen molar-refractivity contribution in [1.82, 2.24) is 0 Å². The van der Waals surface area contributed by atoms with Crippen molar-refractivity contribution in [2.24, 2.45) is 0 Å².